The highest BCUT2D eigenvalue weighted by Crippen LogP contribution is 2.38. The van der Waals surface area contributed by atoms with Gasteiger partial charge in [-0.3, -0.25) is 14.2 Å². The molecule has 1 heterocycles. The van der Waals surface area contributed by atoms with Crippen LogP contribution in [0.3, 0.4) is 0 Å². The molecule has 3 aromatic rings. The lowest BCUT2D eigenvalue weighted by Gasteiger charge is -2.06. The van der Waals surface area contributed by atoms with Gasteiger partial charge < -0.3 is 9.84 Å². The highest BCUT2D eigenvalue weighted by molar-refractivity contribution is 5.98. The van der Waals surface area contributed by atoms with Gasteiger partial charge in [0.2, 0.25) is 5.88 Å². The first kappa shape index (κ1) is 18.3. The minimum Gasteiger partial charge on any atom is -0.493 e. The van der Waals surface area contributed by atoms with Crippen LogP contribution in [0.1, 0.15) is 22.8 Å². The van der Waals surface area contributed by atoms with Crippen molar-refractivity contribution in [2.24, 2.45) is 10.2 Å². The average Bonchev–Trinajstić information content (AvgIpc) is 2.92. The van der Waals surface area contributed by atoms with E-state index in [4.69, 9.17) is 4.74 Å². The number of benzene rings is 2. The molecule has 138 valence electrons. The Labute approximate surface area is 155 Å². The quantitative estimate of drug-likeness (QED) is 0.543. The first-order valence-electron chi connectivity index (χ1n) is 8.50. The lowest BCUT2D eigenvalue weighted by Crippen LogP contribution is -2.12. The normalized spacial score (nSPS) is 11.2. The highest BCUT2D eigenvalue weighted by Gasteiger charge is 2.19. The standard InChI is InChI=1S/C20H19N3O4/c1-3-27-17(24)12-23-16-11-7-6-10-15(16)18(20(23)26)21-22-19(25)14-9-5-4-8-13(14)2/h4-11,26H,3,12H2,1-2H3. The maximum Gasteiger partial charge on any atom is 0.326 e. The van der Waals surface area contributed by atoms with E-state index in [0.29, 0.717) is 16.5 Å². The van der Waals surface area contributed by atoms with Crippen molar-refractivity contribution in [2.45, 2.75) is 20.4 Å². The number of fused-ring (bicyclic) bond motifs is 1. The van der Waals surface area contributed by atoms with E-state index < -0.39 is 11.9 Å². The van der Waals surface area contributed by atoms with Gasteiger partial charge in [0.25, 0.3) is 5.91 Å². The summed E-state index contributed by atoms with van der Waals surface area (Å²) in [6, 6.07) is 14.1. The van der Waals surface area contributed by atoms with Crippen LogP contribution in [0, 0.1) is 6.92 Å². The number of carbonyl (C=O) groups is 2. The zero-order valence-electron chi connectivity index (χ0n) is 15.0. The molecular weight excluding hydrogens is 346 g/mol. The number of hydrogen-bond acceptors (Lipinski definition) is 5. The van der Waals surface area contributed by atoms with E-state index in [0.717, 1.165) is 5.56 Å². The second-order valence-electron chi connectivity index (χ2n) is 5.90. The molecule has 0 fully saturated rings. The van der Waals surface area contributed by atoms with Crippen molar-refractivity contribution >= 4 is 28.5 Å². The summed E-state index contributed by atoms with van der Waals surface area (Å²) in [6.07, 6.45) is 0. The van der Waals surface area contributed by atoms with Gasteiger partial charge in [0, 0.05) is 10.9 Å². The molecular formula is C20H19N3O4. The number of amides is 1. The minimum absolute atomic E-state index is 0.136. The summed E-state index contributed by atoms with van der Waals surface area (Å²) in [5.74, 6) is -1.23. The predicted molar refractivity (Wildman–Crippen MR) is 100 cm³/mol. The lowest BCUT2D eigenvalue weighted by molar-refractivity contribution is -0.143. The van der Waals surface area contributed by atoms with Crippen molar-refractivity contribution < 1.29 is 19.4 Å². The van der Waals surface area contributed by atoms with E-state index in [1.165, 1.54) is 4.57 Å². The third-order valence-corrected chi connectivity index (χ3v) is 4.13. The molecule has 0 aliphatic rings. The first-order chi connectivity index (χ1) is 13.0. The molecule has 7 heteroatoms. The largest absolute Gasteiger partial charge is 0.493 e. The number of carbonyl (C=O) groups excluding carboxylic acids is 2. The van der Waals surface area contributed by atoms with Crippen molar-refractivity contribution in [2.75, 3.05) is 6.61 Å². The Morgan fingerprint density at radius 1 is 1.11 bits per heavy atom. The second-order valence-corrected chi connectivity index (χ2v) is 5.90. The molecule has 0 bridgehead atoms. The van der Waals surface area contributed by atoms with Gasteiger partial charge in [-0.1, -0.05) is 36.4 Å². The molecule has 1 N–H and O–H groups in total. The van der Waals surface area contributed by atoms with Crippen molar-refractivity contribution in [3.8, 4) is 5.88 Å². The molecule has 27 heavy (non-hydrogen) atoms. The Balaban J connectivity index is 1.99. The molecule has 0 spiro atoms. The van der Waals surface area contributed by atoms with Crippen LogP contribution in [0.25, 0.3) is 10.9 Å². The maximum absolute atomic E-state index is 12.3. The van der Waals surface area contributed by atoms with Gasteiger partial charge >= 0.3 is 5.97 Å². The van der Waals surface area contributed by atoms with E-state index in [1.807, 2.05) is 19.1 Å². The van der Waals surface area contributed by atoms with E-state index in [1.54, 1.807) is 43.3 Å². The van der Waals surface area contributed by atoms with Gasteiger partial charge in [-0.05, 0) is 31.5 Å². The molecule has 1 amide bonds. The summed E-state index contributed by atoms with van der Waals surface area (Å²) in [7, 11) is 0. The van der Waals surface area contributed by atoms with E-state index in [9.17, 15) is 14.7 Å². The summed E-state index contributed by atoms with van der Waals surface area (Å²) in [5.41, 5.74) is 1.96. The zero-order chi connectivity index (χ0) is 19.4. The molecule has 0 saturated heterocycles. The number of esters is 1. The fourth-order valence-electron chi connectivity index (χ4n) is 2.83. The minimum atomic E-state index is -0.505. The third-order valence-electron chi connectivity index (χ3n) is 4.13. The number of nitrogens with zero attached hydrogens (tertiary/aromatic N) is 3. The number of para-hydroxylation sites is 1. The van der Waals surface area contributed by atoms with Crippen LogP contribution in [0.4, 0.5) is 5.69 Å². The van der Waals surface area contributed by atoms with Crippen LogP contribution in [0.2, 0.25) is 0 Å². The number of aromatic hydroxyl groups is 1. The van der Waals surface area contributed by atoms with Crippen molar-refractivity contribution in [1.82, 2.24) is 4.57 Å². The average molecular weight is 365 g/mol. The van der Waals surface area contributed by atoms with Crippen LogP contribution < -0.4 is 0 Å². The fourth-order valence-corrected chi connectivity index (χ4v) is 2.83. The summed E-state index contributed by atoms with van der Waals surface area (Å²) in [5, 5.41) is 18.9. The first-order valence-corrected chi connectivity index (χ1v) is 8.50. The van der Waals surface area contributed by atoms with Gasteiger partial charge in [-0.2, -0.15) is 0 Å². The van der Waals surface area contributed by atoms with Crippen molar-refractivity contribution in [1.29, 1.82) is 0 Å². The zero-order valence-corrected chi connectivity index (χ0v) is 15.0. The van der Waals surface area contributed by atoms with Crippen molar-refractivity contribution in [3.63, 3.8) is 0 Å². The smallest absolute Gasteiger partial charge is 0.326 e. The Morgan fingerprint density at radius 2 is 1.81 bits per heavy atom. The number of aryl methyl sites for hydroxylation is 1. The Bertz CT molecular complexity index is 1040. The molecule has 7 nitrogen and oxygen atoms in total. The van der Waals surface area contributed by atoms with Crippen LogP contribution >= 0.6 is 0 Å². The maximum atomic E-state index is 12.3. The summed E-state index contributed by atoms with van der Waals surface area (Å²) in [6.45, 7) is 3.60. The molecule has 0 aliphatic carbocycles. The monoisotopic (exact) mass is 365 g/mol. The number of ether oxygens (including phenoxy) is 1. The van der Waals surface area contributed by atoms with Gasteiger partial charge in [0.05, 0.1) is 12.1 Å². The highest BCUT2D eigenvalue weighted by atomic mass is 16.5. The molecule has 0 unspecified atom stereocenters. The number of aromatic nitrogens is 1. The third kappa shape index (κ3) is 3.72. The van der Waals surface area contributed by atoms with Gasteiger partial charge in [-0.25, -0.2) is 0 Å². The fraction of sp³-hybridized carbons (Fsp3) is 0.200. The molecule has 0 aliphatic heterocycles. The Kier molecular flexibility index (Phi) is 5.30. The Hall–Kier alpha value is -3.48. The summed E-state index contributed by atoms with van der Waals surface area (Å²) >= 11 is 0. The van der Waals surface area contributed by atoms with Crippen LogP contribution in [0.15, 0.2) is 58.8 Å². The molecule has 1 aromatic heterocycles. The SMILES string of the molecule is CCOC(=O)Cn1c(O)c(N=NC(=O)c2ccccc2C)c2ccccc21. The second kappa shape index (κ2) is 7.82. The van der Waals surface area contributed by atoms with E-state index in [-0.39, 0.29) is 24.7 Å². The number of rotatable bonds is 5. The predicted octanol–water partition coefficient (Wildman–Crippen LogP) is 4.14. The van der Waals surface area contributed by atoms with Gasteiger partial charge in [0.1, 0.15) is 6.54 Å². The number of hydrogen-bond donors (Lipinski definition) is 1. The molecule has 3 rings (SSSR count). The molecule has 0 radical (unpaired) electrons. The number of azo groups is 1. The lowest BCUT2D eigenvalue weighted by atomic mass is 10.1. The molecule has 0 saturated carbocycles. The van der Waals surface area contributed by atoms with E-state index >= 15 is 0 Å². The van der Waals surface area contributed by atoms with Crippen LogP contribution in [-0.4, -0.2) is 28.2 Å². The van der Waals surface area contributed by atoms with Crippen LogP contribution in [0.5, 0.6) is 5.88 Å². The molecule has 0 atom stereocenters. The van der Waals surface area contributed by atoms with Crippen molar-refractivity contribution in [3.05, 3.63) is 59.7 Å². The van der Waals surface area contributed by atoms with Crippen LogP contribution in [-0.2, 0) is 16.1 Å². The summed E-state index contributed by atoms with van der Waals surface area (Å²) in [4.78, 5) is 24.2. The summed E-state index contributed by atoms with van der Waals surface area (Å²) < 4.78 is 6.34. The Morgan fingerprint density at radius 3 is 2.56 bits per heavy atom. The van der Waals surface area contributed by atoms with E-state index in [2.05, 4.69) is 10.2 Å². The van der Waals surface area contributed by atoms with Gasteiger partial charge in [-0.15, -0.1) is 10.2 Å². The van der Waals surface area contributed by atoms with Gasteiger partial charge in [0.15, 0.2) is 5.69 Å². The molecule has 2 aromatic carbocycles. The topological polar surface area (TPSA) is 93.2 Å².